The molecule has 3 aliphatic carbocycles. The van der Waals surface area contributed by atoms with E-state index >= 15 is 0 Å². The molecule has 3 rings (SSSR count). The van der Waals surface area contributed by atoms with Gasteiger partial charge in [-0.15, -0.1) is 0 Å². The average molecular weight is 265 g/mol. The van der Waals surface area contributed by atoms with E-state index in [0.29, 0.717) is 23.7 Å². The molecule has 3 aliphatic rings. The minimum atomic E-state index is -0.489. The second-order valence-corrected chi connectivity index (χ2v) is 7.62. The number of aliphatic hydroxyl groups is 1. The first-order chi connectivity index (χ1) is 8.90. The third kappa shape index (κ3) is 1.70. The predicted octanol–water partition coefficient (Wildman–Crippen LogP) is 3.44. The SMILES string of the molecule is C[C@H]1/C(=N/O)CC[C@@H]2[C@@H]1CC[C@@]1(C)[C@H]2CC[C@]1(C)O. The summed E-state index contributed by atoms with van der Waals surface area (Å²) >= 11 is 0. The molecule has 0 saturated heterocycles. The Morgan fingerprint density at radius 3 is 2.53 bits per heavy atom. The Morgan fingerprint density at radius 2 is 1.84 bits per heavy atom. The summed E-state index contributed by atoms with van der Waals surface area (Å²) in [6.45, 7) is 6.57. The minimum Gasteiger partial charge on any atom is -0.411 e. The van der Waals surface area contributed by atoms with Crippen molar-refractivity contribution in [3.8, 4) is 0 Å². The zero-order valence-corrected chi connectivity index (χ0v) is 12.4. The Labute approximate surface area is 116 Å². The van der Waals surface area contributed by atoms with E-state index in [2.05, 4.69) is 19.0 Å². The first-order valence-electron chi connectivity index (χ1n) is 7.84. The van der Waals surface area contributed by atoms with Crippen molar-refractivity contribution >= 4 is 5.71 Å². The highest BCUT2D eigenvalue weighted by Crippen LogP contribution is 2.63. The molecule has 3 fully saturated rings. The second-order valence-electron chi connectivity index (χ2n) is 7.62. The van der Waals surface area contributed by atoms with Gasteiger partial charge in [0.05, 0.1) is 11.3 Å². The van der Waals surface area contributed by atoms with Gasteiger partial charge in [0.1, 0.15) is 0 Å². The van der Waals surface area contributed by atoms with Crippen LogP contribution < -0.4 is 0 Å². The summed E-state index contributed by atoms with van der Waals surface area (Å²) in [4.78, 5) is 0. The third-order valence-electron chi connectivity index (χ3n) is 7.08. The van der Waals surface area contributed by atoms with Gasteiger partial charge in [0.2, 0.25) is 0 Å². The molecule has 108 valence electrons. The van der Waals surface area contributed by atoms with Crippen LogP contribution in [0.15, 0.2) is 5.16 Å². The topological polar surface area (TPSA) is 52.8 Å². The molecule has 0 unspecified atom stereocenters. The maximum atomic E-state index is 10.7. The lowest BCUT2D eigenvalue weighted by molar-refractivity contribution is -0.102. The third-order valence-corrected chi connectivity index (χ3v) is 7.08. The monoisotopic (exact) mass is 265 g/mol. The van der Waals surface area contributed by atoms with Crippen LogP contribution in [0.1, 0.15) is 59.3 Å². The number of fused-ring (bicyclic) bond motifs is 3. The van der Waals surface area contributed by atoms with Crippen molar-refractivity contribution in [1.82, 2.24) is 0 Å². The fraction of sp³-hybridized carbons (Fsp3) is 0.938. The van der Waals surface area contributed by atoms with Gasteiger partial charge < -0.3 is 10.3 Å². The summed E-state index contributed by atoms with van der Waals surface area (Å²) in [5.74, 6) is 2.45. The van der Waals surface area contributed by atoms with Crippen molar-refractivity contribution < 1.29 is 10.3 Å². The summed E-state index contributed by atoms with van der Waals surface area (Å²) in [6.07, 6.45) is 6.50. The Morgan fingerprint density at radius 1 is 1.11 bits per heavy atom. The molecule has 19 heavy (non-hydrogen) atoms. The highest BCUT2D eigenvalue weighted by Gasteiger charge is 2.60. The van der Waals surface area contributed by atoms with E-state index in [0.717, 1.165) is 31.4 Å². The summed E-state index contributed by atoms with van der Waals surface area (Å²) in [7, 11) is 0. The number of nitrogens with zero attached hydrogens (tertiary/aromatic N) is 1. The molecule has 3 nitrogen and oxygen atoms in total. The molecule has 0 aromatic carbocycles. The van der Waals surface area contributed by atoms with Crippen molar-refractivity contribution in [3.63, 3.8) is 0 Å². The maximum absolute atomic E-state index is 10.7. The molecular weight excluding hydrogens is 238 g/mol. The Kier molecular flexibility index (Phi) is 2.97. The van der Waals surface area contributed by atoms with Crippen LogP contribution >= 0.6 is 0 Å². The molecule has 3 heteroatoms. The number of rotatable bonds is 0. The molecule has 0 heterocycles. The molecule has 0 aromatic rings. The smallest absolute Gasteiger partial charge is 0.0675 e. The lowest BCUT2D eigenvalue weighted by atomic mass is 9.52. The van der Waals surface area contributed by atoms with Crippen molar-refractivity contribution in [2.24, 2.45) is 34.2 Å². The largest absolute Gasteiger partial charge is 0.411 e. The lowest BCUT2D eigenvalue weighted by Gasteiger charge is -2.53. The van der Waals surface area contributed by atoms with Crippen molar-refractivity contribution in [2.45, 2.75) is 64.9 Å². The molecule has 0 spiro atoms. The van der Waals surface area contributed by atoms with Crippen LogP contribution in [0.4, 0.5) is 0 Å². The summed E-state index contributed by atoms with van der Waals surface area (Å²) in [6, 6.07) is 0. The van der Waals surface area contributed by atoms with Gasteiger partial charge in [0.15, 0.2) is 0 Å². The fourth-order valence-electron chi connectivity index (χ4n) is 5.53. The van der Waals surface area contributed by atoms with Crippen molar-refractivity contribution in [2.75, 3.05) is 0 Å². The normalized spacial score (nSPS) is 55.9. The van der Waals surface area contributed by atoms with E-state index in [1.165, 1.54) is 12.8 Å². The van der Waals surface area contributed by atoms with E-state index < -0.39 is 5.60 Å². The molecule has 0 aromatic heterocycles. The van der Waals surface area contributed by atoms with Crippen LogP contribution in [0.5, 0.6) is 0 Å². The maximum Gasteiger partial charge on any atom is 0.0675 e. The van der Waals surface area contributed by atoms with Crippen LogP contribution in [-0.4, -0.2) is 21.6 Å². The zero-order chi connectivity index (χ0) is 13.8. The lowest BCUT2D eigenvalue weighted by Crippen LogP contribution is -2.51. The molecule has 0 radical (unpaired) electrons. The Balaban J connectivity index is 1.89. The van der Waals surface area contributed by atoms with Gasteiger partial charge in [0, 0.05) is 5.92 Å². The molecular formula is C16H27NO2. The van der Waals surface area contributed by atoms with Gasteiger partial charge >= 0.3 is 0 Å². The van der Waals surface area contributed by atoms with E-state index in [-0.39, 0.29) is 5.41 Å². The van der Waals surface area contributed by atoms with Gasteiger partial charge in [-0.3, -0.25) is 0 Å². The van der Waals surface area contributed by atoms with Gasteiger partial charge in [-0.1, -0.05) is 19.0 Å². The summed E-state index contributed by atoms with van der Waals surface area (Å²) in [5.41, 5.74) is 0.605. The van der Waals surface area contributed by atoms with Gasteiger partial charge in [-0.2, -0.15) is 0 Å². The summed E-state index contributed by atoms with van der Waals surface area (Å²) < 4.78 is 0. The molecule has 2 N–H and O–H groups in total. The predicted molar refractivity (Wildman–Crippen MR) is 75.3 cm³/mol. The van der Waals surface area contributed by atoms with E-state index in [1.807, 2.05) is 6.92 Å². The van der Waals surface area contributed by atoms with Gasteiger partial charge in [-0.25, -0.2) is 0 Å². The molecule has 0 amide bonds. The van der Waals surface area contributed by atoms with Gasteiger partial charge in [0.25, 0.3) is 0 Å². The second kappa shape index (κ2) is 4.21. The highest BCUT2D eigenvalue weighted by atomic mass is 16.4. The van der Waals surface area contributed by atoms with E-state index in [4.69, 9.17) is 5.21 Å². The number of hydrogen-bond acceptors (Lipinski definition) is 3. The highest BCUT2D eigenvalue weighted by molar-refractivity contribution is 5.87. The van der Waals surface area contributed by atoms with Crippen LogP contribution in [0.25, 0.3) is 0 Å². The standard InChI is InChI=1S/C16H27NO2/c1-10-11-6-8-15(2)13(7-9-16(15,3)18)12(11)4-5-14(10)17-19/h10-13,18-19H,4-9H2,1-3H3/b17-14+/t10-,11-,12-,13+,15+,16+/m1/s1. The minimum absolute atomic E-state index is 0.0990. The van der Waals surface area contributed by atoms with Crippen LogP contribution in [0.2, 0.25) is 0 Å². The fourth-order valence-corrected chi connectivity index (χ4v) is 5.53. The molecule has 0 bridgehead atoms. The first-order valence-corrected chi connectivity index (χ1v) is 7.84. The zero-order valence-electron chi connectivity index (χ0n) is 12.4. The molecule has 3 saturated carbocycles. The van der Waals surface area contributed by atoms with E-state index in [1.54, 1.807) is 0 Å². The van der Waals surface area contributed by atoms with Crippen LogP contribution in [0.3, 0.4) is 0 Å². The Bertz CT molecular complexity index is 404. The van der Waals surface area contributed by atoms with Crippen molar-refractivity contribution in [1.29, 1.82) is 0 Å². The van der Waals surface area contributed by atoms with Gasteiger partial charge in [-0.05, 0) is 68.6 Å². The number of hydrogen-bond donors (Lipinski definition) is 2. The average Bonchev–Trinajstić information content (AvgIpc) is 2.61. The van der Waals surface area contributed by atoms with Crippen molar-refractivity contribution in [3.05, 3.63) is 0 Å². The summed E-state index contributed by atoms with van der Waals surface area (Å²) in [5, 5.41) is 23.4. The first kappa shape index (κ1) is 13.4. The van der Waals surface area contributed by atoms with Crippen LogP contribution in [-0.2, 0) is 0 Å². The Hall–Kier alpha value is -0.570. The molecule has 0 aliphatic heterocycles. The quantitative estimate of drug-likeness (QED) is 0.521. The van der Waals surface area contributed by atoms with E-state index in [9.17, 15) is 5.11 Å². The van der Waals surface area contributed by atoms with Crippen LogP contribution in [0, 0.1) is 29.1 Å². The number of oxime groups is 1. The molecule has 6 atom stereocenters.